The van der Waals surface area contributed by atoms with Crippen molar-refractivity contribution in [1.29, 1.82) is 0 Å². The molecule has 0 atom stereocenters. The van der Waals surface area contributed by atoms with Crippen LogP contribution in [0.4, 0.5) is 13.2 Å². The second-order valence-electron chi connectivity index (χ2n) is 3.66. The molecule has 0 amide bonds. The number of hydrogen-bond donors (Lipinski definition) is 1. The van der Waals surface area contributed by atoms with Gasteiger partial charge in [0.1, 0.15) is 0 Å². The minimum atomic E-state index is -4.45. The third-order valence-corrected chi connectivity index (χ3v) is 2.80. The van der Waals surface area contributed by atoms with Crippen LogP contribution in [0.25, 0.3) is 0 Å². The number of rotatable bonds is 3. The Kier molecular flexibility index (Phi) is 3.58. The second kappa shape index (κ2) is 3.67. The van der Waals surface area contributed by atoms with Gasteiger partial charge in [-0.15, -0.1) is 4.41 Å². The molecule has 0 heterocycles. The highest BCUT2D eigenvalue weighted by molar-refractivity contribution is 7.88. The smallest absolute Gasteiger partial charge is 0.254 e. The van der Waals surface area contributed by atoms with E-state index in [1.165, 1.54) is 0 Å². The molecule has 0 radical (unpaired) electrons. The largest absolute Gasteiger partial charge is 0.390 e. The molecule has 0 spiro atoms. The number of hydrazine groups is 1. The molecule has 0 aliphatic heterocycles. The average molecular weight is 234 g/mol. The topological polar surface area (TPSA) is 63.4 Å². The highest BCUT2D eigenvalue weighted by atomic mass is 32.2. The Morgan fingerprint density at radius 3 is 1.86 bits per heavy atom. The number of hydrogen-bond acceptors (Lipinski definition) is 3. The SMILES string of the molecule is CC(C)(CC(F)(F)F)N(N)S(C)(=O)=O. The summed E-state index contributed by atoms with van der Waals surface area (Å²) in [5.74, 6) is 5.08. The zero-order valence-corrected chi connectivity index (χ0v) is 8.91. The van der Waals surface area contributed by atoms with E-state index in [-0.39, 0.29) is 4.41 Å². The highest BCUT2D eigenvalue weighted by Crippen LogP contribution is 2.30. The molecule has 86 valence electrons. The summed E-state index contributed by atoms with van der Waals surface area (Å²) < 4.78 is 58.1. The van der Waals surface area contributed by atoms with Crippen molar-refractivity contribution in [2.24, 2.45) is 5.84 Å². The van der Waals surface area contributed by atoms with E-state index in [2.05, 4.69) is 0 Å². The maximum absolute atomic E-state index is 12.0. The van der Waals surface area contributed by atoms with Crippen LogP contribution in [-0.2, 0) is 10.0 Å². The summed E-state index contributed by atoms with van der Waals surface area (Å²) in [5, 5.41) is 0. The predicted octanol–water partition coefficient (Wildman–Crippen LogP) is 0.853. The molecule has 0 fully saturated rings. The minimum absolute atomic E-state index is 0.230. The fourth-order valence-electron chi connectivity index (χ4n) is 1.02. The van der Waals surface area contributed by atoms with Gasteiger partial charge in [0.25, 0.3) is 0 Å². The molecule has 0 aliphatic carbocycles. The molecule has 0 aromatic heterocycles. The van der Waals surface area contributed by atoms with Gasteiger partial charge in [-0.1, -0.05) is 0 Å². The molecular weight excluding hydrogens is 221 g/mol. The Morgan fingerprint density at radius 2 is 1.64 bits per heavy atom. The average Bonchev–Trinajstić information content (AvgIpc) is 1.78. The summed E-state index contributed by atoms with van der Waals surface area (Å²) in [5.41, 5.74) is -1.67. The monoisotopic (exact) mass is 234 g/mol. The van der Waals surface area contributed by atoms with Gasteiger partial charge in [0.2, 0.25) is 10.0 Å². The van der Waals surface area contributed by atoms with Crippen LogP contribution in [0.5, 0.6) is 0 Å². The Hall–Kier alpha value is -0.340. The lowest BCUT2D eigenvalue weighted by Gasteiger charge is -2.33. The van der Waals surface area contributed by atoms with Crippen LogP contribution in [0.15, 0.2) is 0 Å². The molecule has 0 rings (SSSR count). The van der Waals surface area contributed by atoms with Gasteiger partial charge < -0.3 is 0 Å². The fourth-order valence-corrected chi connectivity index (χ4v) is 1.98. The zero-order chi connectivity index (χ0) is 11.8. The van der Waals surface area contributed by atoms with Crippen LogP contribution in [0.1, 0.15) is 20.3 Å². The first-order valence-electron chi connectivity index (χ1n) is 3.68. The number of halogens is 3. The molecule has 0 aliphatic rings. The van der Waals surface area contributed by atoms with E-state index in [9.17, 15) is 21.6 Å². The van der Waals surface area contributed by atoms with Crippen LogP contribution >= 0.6 is 0 Å². The first-order valence-corrected chi connectivity index (χ1v) is 5.53. The number of alkyl halides is 3. The van der Waals surface area contributed by atoms with E-state index in [1.807, 2.05) is 0 Å². The Bertz CT molecular complexity index is 297. The van der Waals surface area contributed by atoms with Crippen LogP contribution in [0, 0.1) is 0 Å². The maximum atomic E-state index is 12.0. The summed E-state index contributed by atoms with van der Waals surface area (Å²) in [7, 11) is -3.82. The van der Waals surface area contributed by atoms with Crippen LogP contribution in [-0.4, -0.2) is 30.8 Å². The Morgan fingerprint density at radius 1 is 1.29 bits per heavy atom. The normalized spacial score (nSPS) is 14.9. The zero-order valence-electron chi connectivity index (χ0n) is 8.09. The lowest BCUT2D eigenvalue weighted by atomic mass is 10.0. The minimum Gasteiger partial charge on any atom is -0.254 e. The van der Waals surface area contributed by atoms with Gasteiger partial charge in [-0.25, -0.2) is 8.42 Å². The van der Waals surface area contributed by atoms with E-state index in [1.54, 1.807) is 0 Å². The molecule has 4 nitrogen and oxygen atoms in total. The van der Waals surface area contributed by atoms with Crippen LogP contribution in [0.3, 0.4) is 0 Å². The molecule has 0 aromatic carbocycles. The quantitative estimate of drug-likeness (QED) is 0.581. The van der Waals surface area contributed by atoms with E-state index in [0.717, 1.165) is 20.1 Å². The van der Waals surface area contributed by atoms with Crippen molar-refractivity contribution in [3.05, 3.63) is 0 Å². The highest BCUT2D eigenvalue weighted by Gasteiger charge is 2.42. The maximum Gasteiger partial charge on any atom is 0.390 e. The Labute approximate surface area is 80.9 Å². The summed E-state index contributed by atoms with van der Waals surface area (Å²) in [4.78, 5) is 0. The second-order valence-corrected chi connectivity index (χ2v) is 5.52. The van der Waals surface area contributed by atoms with Crippen LogP contribution < -0.4 is 5.84 Å². The number of nitrogens with two attached hydrogens (primary N) is 1. The molecule has 2 N–H and O–H groups in total. The number of nitrogens with zero attached hydrogens (tertiary/aromatic N) is 1. The molecule has 8 heteroatoms. The lowest BCUT2D eigenvalue weighted by Crippen LogP contribution is -2.53. The van der Waals surface area contributed by atoms with Crippen molar-refractivity contribution in [2.75, 3.05) is 6.26 Å². The summed E-state index contributed by atoms with van der Waals surface area (Å²) in [6.45, 7) is 2.23. The third kappa shape index (κ3) is 4.25. The van der Waals surface area contributed by atoms with Gasteiger partial charge in [-0.05, 0) is 13.8 Å². The molecule has 0 bridgehead atoms. The van der Waals surface area contributed by atoms with Crippen molar-refractivity contribution in [1.82, 2.24) is 4.41 Å². The van der Waals surface area contributed by atoms with Gasteiger partial charge in [0.05, 0.1) is 18.2 Å². The first-order chi connectivity index (χ1) is 5.86. The van der Waals surface area contributed by atoms with Crippen molar-refractivity contribution in [3.8, 4) is 0 Å². The standard InChI is InChI=1S/C6H13F3N2O2S/c1-5(2,4-6(7,8)9)11(10)14(3,12)13/h4,10H2,1-3H3. The molecule has 0 saturated heterocycles. The molecular formula is C6H13F3N2O2S. The molecule has 0 saturated carbocycles. The van der Waals surface area contributed by atoms with Crippen LogP contribution in [0.2, 0.25) is 0 Å². The van der Waals surface area contributed by atoms with Gasteiger partial charge in [-0.2, -0.15) is 13.2 Å². The van der Waals surface area contributed by atoms with Crippen molar-refractivity contribution < 1.29 is 21.6 Å². The van der Waals surface area contributed by atoms with E-state index >= 15 is 0 Å². The molecule has 14 heavy (non-hydrogen) atoms. The van der Waals surface area contributed by atoms with Gasteiger partial charge in [0.15, 0.2) is 0 Å². The Balaban J connectivity index is 4.81. The van der Waals surface area contributed by atoms with E-state index < -0.39 is 28.2 Å². The summed E-state index contributed by atoms with van der Waals surface area (Å²) in [6, 6.07) is 0. The van der Waals surface area contributed by atoms with Gasteiger partial charge in [0, 0.05) is 0 Å². The van der Waals surface area contributed by atoms with Gasteiger partial charge in [-0.3, -0.25) is 5.84 Å². The summed E-state index contributed by atoms with van der Waals surface area (Å²) >= 11 is 0. The van der Waals surface area contributed by atoms with Crippen molar-refractivity contribution in [3.63, 3.8) is 0 Å². The molecule has 0 unspecified atom stereocenters. The fraction of sp³-hybridized carbons (Fsp3) is 1.00. The van der Waals surface area contributed by atoms with Crippen molar-refractivity contribution in [2.45, 2.75) is 32.0 Å². The van der Waals surface area contributed by atoms with E-state index in [4.69, 9.17) is 5.84 Å². The van der Waals surface area contributed by atoms with Crippen molar-refractivity contribution >= 4 is 10.0 Å². The summed E-state index contributed by atoms with van der Waals surface area (Å²) in [6.07, 6.45) is -4.99. The first kappa shape index (κ1) is 13.7. The predicted molar refractivity (Wildman–Crippen MR) is 45.6 cm³/mol. The third-order valence-electron chi connectivity index (χ3n) is 1.59. The molecule has 0 aromatic rings. The van der Waals surface area contributed by atoms with Gasteiger partial charge >= 0.3 is 6.18 Å². The van der Waals surface area contributed by atoms with E-state index in [0.29, 0.717) is 0 Å². The lowest BCUT2D eigenvalue weighted by molar-refractivity contribution is -0.153. The number of sulfonamides is 1.